The molecule has 0 radical (unpaired) electrons. The van der Waals surface area contributed by atoms with E-state index in [4.69, 9.17) is 0 Å². The van der Waals surface area contributed by atoms with Crippen LogP contribution in [0.25, 0.3) is 0 Å². The number of hydrogen-bond donors (Lipinski definition) is 0. The molecule has 1 aromatic rings. The van der Waals surface area contributed by atoms with Crippen LogP contribution >= 0.6 is 47.8 Å². The van der Waals surface area contributed by atoms with Gasteiger partial charge in [0.1, 0.15) is 0 Å². The van der Waals surface area contributed by atoms with Gasteiger partial charge in [-0.25, -0.2) is 0 Å². The van der Waals surface area contributed by atoms with Crippen LogP contribution in [0, 0.1) is 18.8 Å². The molecule has 90 valence electrons. The smallest absolute Gasteiger partial charge is 0.0434 e. The van der Waals surface area contributed by atoms with Crippen molar-refractivity contribution in [1.82, 2.24) is 0 Å². The first-order valence-corrected chi connectivity index (χ1v) is 7.94. The topological polar surface area (TPSA) is 0 Å². The largest absolute Gasteiger partial charge is 0.0835 e. The molecule has 1 rings (SSSR count). The van der Waals surface area contributed by atoms with Crippen molar-refractivity contribution >= 4 is 47.8 Å². The zero-order chi connectivity index (χ0) is 12.5. The first-order chi connectivity index (χ1) is 7.34. The van der Waals surface area contributed by atoms with E-state index in [1.165, 1.54) is 20.1 Å². The van der Waals surface area contributed by atoms with Crippen LogP contribution in [0.5, 0.6) is 0 Å². The molecule has 3 heteroatoms. The summed E-state index contributed by atoms with van der Waals surface area (Å²) in [5, 5.41) is 0. The van der Waals surface area contributed by atoms with Gasteiger partial charge in [-0.15, -0.1) is 0 Å². The fourth-order valence-corrected chi connectivity index (χ4v) is 3.86. The number of rotatable bonds is 3. The normalized spacial score (nSPS) is 15.2. The highest BCUT2D eigenvalue weighted by Gasteiger charge is 2.21. The number of alkyl halides is 1. The highest BCUT2D eigenvalue weighted by atomic mass is 79.9. The molecule has 0 spiro atoms. The number of halogens is 3. The maximum absolute atomic E-state index is 3.81. The molecular formula is C13H17Br3. The molecule has 0 aliphatic rings. The molecule has 0 bridgehead atoms. The zero-order valence-corrected chi connectivity index (χ0v) is 14.8. The number of aryl methyl sites for hydroxylation is 1. The molecule has 0 heterocycles. The lowest BCUT2D eigenvalue weighted by Crippen LogP contribution is -2.11. The average molecular weight is 413 g/mol. The maximum Gasteiger partial charge on any atom is 0.0434 e. The molecule has 16 heavy (non-hydrogen) atoms. The van der Waals surface area contributed by atoms with Crippen molar-refractivity contribution in [2.24, 2.45) is 11.8 Å². The first-order valence-electron chi connectivity index (χ1n) is 5.44. The summed E-state index contributed by atoms with van der Waals surface area (Å²) in [6.45, 7) is 8.91. The average Bonchev–Trinajstić information content (AvgIpc) is 2.21. The lowest BCUT2D eigenvalue weighted by atomic mass is 9.91. The van der Waals surface area contributed by atoms with E-state index in [2.05, 4.69) is 87.6 Å². The zero-order valence-electron chi connectivity index (χ0n) is 10.0. The highest BCUT2D eigenvalue weighted by Crippen LogP contribution is 2.40. The third kappa shape index (κ3) is 3.33. The van der Waals surface area contributed by atoms with Crippen molar-refractivity contribution in [3.8, 4) is 0 Å². The van der Waals surface area contributed by atoms with Gasteiger partial charge in [0.05, 0.1) is 0 Å². The molecule has 0 aliphatic carbocycles. The highest BCUT2D eigenvalue weighted by molar-refractivity contribution is 9.11. The van der Waals surface area contributed by atoms with E-state index in [-0.39, 0.29) is 0 Å². The lowest BCUT2D eigenvalue weighted by molar-refractivity contribution is 0.414. The van der Waals surface area contributed by atoms with E-state index in [1.54, 1.807) is 0 Å². The van der Waals surface area contributed by atoms with Gasteiger partial charge in [0.2, 0.25) is 0 Å². The summed E-state index contributed by atoms with van der Waals surface area (Å²) in [7, 11) is 0. The van der Waals surface area contributed by atoms with E-state index in [0.29, 0.717) is 16.7 Å². The van der Waals surface area contributed by atoms with Crippen LogP contribution in [0.3, 0.4) is 0 Å². The van der Waals surface area contributed by atoms with E-state index >= 15 is 0 Å². The number of hydrogen-bond acceptors (Lipinski definition) is 0. The van der Waals surface area contributed by atoms with Crippen molar-refractivity contribution < 1.29 is 0 Å². The van der Waals surface area contributed by atoms with Crippen molar-refractivity contribution in [1.29, 1.82) is 0 Å². The molecule has 0 saturated heterocycles. The third-order valence-electron chi connectivity index (χ3n) is 3.09. The summed E-state index contributed by atoms with van der Waals surface area (Å²) in [5.74, 6) is 1.27. The molecule has 0 N–H and O–H groups in total. The SMILES string of the molecule is Cc1cc(Br)c(C(Br)C(C)C(C)C)cc1Br. The summed E-state index contributed by atoms with van der Waals surface area (Å²) in [4.78, 5) is 0.388. The van der Waals surface area contributed by atoms with Gasteiger partial charge in [-0.1, -0.05) is 68.6 Å². The maximum atomic E-state index is 3.81. The molecule has 2 atom stereocenters. The standard InChI is InChI=1S/C13H17Br3/c1-7(2)9(4)13(16)10-6-11(14)8(3)5-12(10)15/h5-7,9,13H,1-4H3. The van der Waals surface area contributed by atoms with Crippen LogP contribution in [0.15, 0.2) is 21.1 Å². The Kier molecular flexibility index (Phi) is 5.53. The Balaban J connectivity index is 3.08. The minimum absolute atomic E-state index is 0.388. The Labute approximate surface area is 124 Å². The summed E-state index contributed by atoms with van der Waals surface area (Å²) in [5.41, 5.74) is 2.58. The van der Waals surface area contributed by atoms with Gasteiger partial charge in [-0.3, -0.25) is 0 Å². The van der Waals surface area contributed by atoms with E-state index in [1.807, 2.05) is 0 Å². The minimum Gasteiger partial charge on any atom is -0.0835 e. The first kappa shape index (κ1) is 14.7. The van der Waals surface area contributed by atoms with Crippen molar-refractivity contribution in [3.05, 3.63) is 32.2 Å². The molecule has 2 unspecified atom stereocenters. The van der Waals surface area contributed by atoms with Crippen LogP contribution in [-0.2, 0) is 0 Å². The Morgan fingerprint density at radius 3 is 2.06 bits per heavy atom. The quantitative estimate of drug-likeness (QED) is 0.515. The van der Waals surface area contributed by atoms with Gasteiger partial charge in [0, 0.05) is 13.8 Å². The van der Waals surface area contributed by atoms with Gasteiger partial charge in [-0.05, 0) is 42.0 Å². The van der Waals surface area contributed by atoms with E-state index in [0.717, 1.165) is 0 Å². The summed E-state index contributed by atoms with van der Waals surface area (Å²) in [6, 6.07) is 4.37. The second kappa shape index (κ2) is 6.01. The summed E-state index contributed by atoms with van der Waals surface area (Å²) >= 11 is 11.1. The summed E-state index contributed by atoms with van der Waals surface area (Å²) in [6.07, 6.45) is 0. The molecule has 0 aliphatic heterocycles. The minimum atomic E-state index is 0.388. The second-order valence-corrected chi connectivity index (χ2v) is 7.32. The second-order valence-electron chi connectivity index (χ2n) is 4.63. The van der Waals surface area contributed by atoms with Crippen LogP contribution in [-0.4, -0.2) is 0 Å². The van der Waals surface area contributed by atoms with E-state index in [9.17, 15) is 0 Å². The Bertz CT molecular complexity index is 372. The number of benzene rings is 1. The summed E-state index contributed by atoms with van der Waals surface area (Å²) < 4.78 is 2.36. The van der Waals surface area contributed by atoms with Crippen molar-refractivity contribution in [3.63, 3.8) is 0 Å². The predicted octanol–water partition coefficient (Wildman–Crippen LogP) is 6.25. The van der Waals surface area contributed by atoms with E-state index < -0.39 is 0 Å². The van der Waals surface area contributed by atoms with Crippen LogP contribution < -0.4 is 0 Å². The van der Waals surface area contributed by atoms with Gasteiger partial charge in [-0.2, -0.15) is 0 Å². The third-order valence-corrected chi connectivity index (χ3v) is 5.96. The van der Waals surface area contributed by atoms with Crippen LogP contribution in [0.2, 0.25) is 0 Å². The predicted molar refractivity (Wildman–Crippen MR) is 82.2 cm³/mol. The van der Waals surface area contributed by atoms with Gasteiger partial charge >= 0.3 is 0 Å². The molecule has 0 nitrogen and oxygen atoms in total. The Morgan fingerprint density at radius 1 is 1.00 bits per heavy atom. The molecule has 0 amide bonds. The molecule has 0 saturated carbocycles. The fourth-order valence-electron chi connectivity index (χ4n) is 1.49. The van der Waals surface area contributed by atoms with Gasteiger partial charge in [0.15, 0.2) is 0 Å². The fraction of sp³-hybridized carbons (Fsp3) is 0.538. The molecule has 1 aromatic carbocycles. The van der Waals surface area contributed by atoms with Gasteiger partial charge < -0.3 is 0 Å². The molecule has 0 fully saturated rings. The van der Waals surface area contributed by atoms with Crippen LogP contribution in [0.1, 0.15) is 36.7 Å². The van der Waals surface area contributed by atoms with Crippen LogP contribution in [0.4, 0.5) is 0 Å². The monoisotopic (exact) mass is 410 g/mol. The Morgan fingerprint density at radius 2 is 1.56 bits per heavy atom. The Hall–Kier alpha value is 0.660. The lowest BCUT2D eigenvalue weighted by Gasteiger charge is -2.23. The van der Waals surface area contributed by atoms with Gasteiger partial charge in [0.25, 0.3) is 0 Å². The van der Waals surface area contributed by atoms with Crippen molar-refractivity contribution in [2.75, 3.05) is 0 Å². The van der Waals surface area contributed by atoms with Crippen molar-refractivity contribution in [2.45, 2.75) is 32.5 Å². The molecular weight excluding hydrogens is 396 g/mol. The molecule has 0 aromatic heterocycles.